The third-order valence-corrected chi connectivity index (χ3v) is 2.50. The Kier molecular flexibility index (Phi) is 7.71. The fraction of sp³-hybridized carbons (Fsp3) is 0.231. The number of rotatable bonds is 4. The van der Waals surface area contributed by atoms with Crippen LogP contribution < -0.4 is 16.2 Å². The lowest BCUT2D eigenvalue weighted by Gasteiger charge is -2.06. The van der Waals surface area contributed by atoms with Crippen molar-refractivity contribution in [1.82, 2.24) is 0 Å². The van der Waals surface area contributed by atoms with Crippen molar-refractivity contribution >= 4 is 35.6 Å². The van der Waals surface area contributed by atoms with Gasteiger partial charge in [0.1, 0.15) is 12.4 Å². The lowest BCUT2D eigenvalue weighted by atomic mass is 10.1. The summed E-state index contributed by atoms with van der Waals surface area (Å²) in [6.45, 7) is 1.65. The molecule has 0 fully saturated rings. The minimum absolute atomic E-state index is 0. The first-order valence-corrected chi connectivity index (χ1v) is 5.39. The van der Waals surface area contributed by atoms with Crippen LogP contribution in [-0.4, -0.2) is 13.2 Å². The molecule has 3 nitrogen and oxygen atoms in total. The maximum absolute atomic E-state index is 5.60. The van der Waals surface area contributed by atoms with Gasteiger partial charge in [-0.25, -0.2) is 0 Å². The molecular formula is C13H18Cl2N2O. The van der Waals surface area contributed by atoms with Crippen LogP contribution in [-0.2, 0) is 6.54 Å². The average molecular weight is 289 g/mol. The van der Waals surface area contributed by atoms with Gasteiger partial charge in [0, 0.05) is 13.1 Å². The molecule has 0 aliphatic rings. The first-order valence-electron chi connectivity index (χ1n) is 5.39. The molecular weight excluding hydrogens is 271 g/mol. The molecule has 100 valence electrons. The fourth-order valence-electron chi connectivity index (χ4n) is 1.67. The van der Waals surface area contributed by atoms with Crippen LogP contribution in [0, 0.1) is 0 Å². The highest BCUT2D eigenvalue weighted by molar-refractivity contribution is 5.86. The number of hydrogen-bond acceptors (Lipinski definition) is 3. The Hall–Kier alpha value is -1.00. The molecule has 5 heteroatoms. The summed E-state index contributed by atoms with van der Waals surface area (Å²) in [7, 11) is 0. The number of fused-ring (bicyclic) bond motifs is 1. The van der Waals surface area contributed by atoms with Gasteiger partial charge in [0.2, 0.25) is 0 Å². The predicted molar refractivity (Wildman–Crippen MR) is 80.9 cm³/mol. The second-order valence-electron chi connectivity index (χ2n) is 3.68. The van der Waals surface area contributed by atoms with E-state index in [9.17, 15) is 0 Å². The van der Waals surface area contributed by atoms with Gasteiger partial charge in [-0.3, -0.25) is 0 Å². The molecule has 4 N–H and O–H groups in total. The van der Waals surface area contributed by atoms with Gasteiger partial charge in [-0.05, 0) is 34.5 Å². The Morgan fingerprint density at radius 1 is 0.889 bits per heavy atom. The molecule has 2 aromatic rings. The molecule has 0 aliphatic heterocycles. The van der Waals surface area contributed by atoms with Crippen molar-refractivity contribution in [1.29, 1.82) is 0 Å². The van der Waals surface area contributed by atoms with Gasteiger partial charge in [-0.1, -0.05) is 18.2 Å². The molecule has 18 heavy (non-hydrogen) atoms. The van der Waals surface area contributed by atoms with Crippen molar-refractivity contribution in [2.24, 2.45) is 11.5 Å². The van der Waals surface area contributed by atoms with E-state index in [1.807, 2.05) is 24.3 Å². The standard InChI is InChI=1S/C13H16N2O.2ClH/c14-5-6-16-13-4-3-11-7-10(9-15)1-2-12(11)8-13;;/h1-4,7-8H,5-6,9,14-15H2;2*1H. The number of benzene rings is 2. The van der Waals surface area contributed by atoms with Crippen molar-refractivity contribution in [3.8, 4) is 5.75 Å². The van der Waals surface area contributed by atoms with Crippen LogP contribution in [0.3, 0.4) is 0 Å². The summed E-state index contributed by atoms with van der Waals surface area (Å²) in [4.78, 5) is 0. The second-order valence-corrected chi connectivity index (χ2v) is 3.68. The van der Waals surface area contributed by atoms with Crippen LogP contribution in [0.2, 0.25) is 0 Å². The summed E-state index contributed by atoms with van der Waals surface area (Å²) in [5.41, 5.74) is 12.1. The van der Waals surface area contributed by atoms with Gasteiger partial charge < -0.3 is 16.2 Å². The van der Waals surface area contributed by atoms with Gasteiger partial charge >= 0.3 is 0 Å². The number of halogens is 2. The van der Waals surface area contributed by atoms with E-state index in [0.717, 1.165) is 16.7 Å². The van der Waals surface area contributed by atoms with Crippen LogP contribution in [0.4, 0.5) is 0 Å². The molecule has 0 bridgehead atoms. The molecule has 0 atom stereocenters. The summed E-state index contributed by atoms with van der Waals surface area (Å²) >= 11 is 0. The van der Waals surface area contributed by atoms with Gasteiger partial charge in [0.05, 0.1) is 0 Å². The summed E-state index contributed by atoms with van der Waals surface area (Å²) in [6, 6.07) is 12.2. The molecule has 0 heterocycles. The minimum Gasteiger partial charge on any atom is -0.492 e. The molecule has 0 saturated heterocycles. The lowest BCUT2D eigenvalue weighted by molar-refractivity contribution is 0.329. The monoisotopic (exact) mass is 288 g/mol. The van der Waals surface area contributed by atoms with Crippen molar-refractivity contribution < 1.29 is 4.74 Å². The van der Waals surface area contributed by atoms with Crippen molar-refractivity contribution in [2.45, 2.75) is 6.54 Å². The number of hydrogen-bond donors (Lipinski definition) is 2. The zero-order valence-corrected chi connectivity index (χ0v) is 11.6. The van der Waals surface area contributed by atoms with Crippen LogP contribution >= 0.6 is 24.8 Å². The zero-order chi connectivity index (χ0) is 11.4. The van der Waals surface area contributed by atoms with Gasteiger partial charge in [0.15, 0.2) is 0 Å². The van der Waals surface area contributed by atoms with E-state index >= 15 is 0 Å². The van der Waals surface area contributed by atoms with E-state index in [1.165, 1.54) is 5.39 Å². The largest absolute Gasteiger partial charge is 0.492 e. The van der Waals surface area contributed by atoms with Crippen LogP contribution in [0.15, 0.2) is 36.4 Å². The summed E-state index contributed by atoms with van der Waals surface area (Å²) < 4.78 is 5.47. The topological polar surface area (TPSA) is 61.3 Å². The average Bonchev–Trinajstić information content (AvgIpc) is 2.35. The molecule has 0 spiro atoms. The molecule has 0 unspecified atom stereocenters. The number of nitrogens with two attached hydrogens (primary N) is 2. The Morgan fingerprint density at radius 2 is 1.56 bits per heavy atom. The van der Waals surface area contributed by atoms with Crippen molar-refractivity contribution in [3.05, 3.63) is 42.0 Å². The smallest absolute Gasteiger partial charge is 0.120 e. The Morgan fingerprint density at radius 3 is 2.22 bits per heavy atom. The number of ether oxygens (including phenoxy) is 1. The van der Waals surface area contributed by atoms with Crippen LogP contribution in [0.5, 0.6) is 5.75 Å². The normalized spacial score (nSPS) is 9.44. The molecule has 2 rings (SSSR count). The maximum Gasteiger partial charge on any atom is 0.120 e. The first kappa shape index (κ1) is 17.0. The highest BCUT2D eigenvalue weighted by Gasteiger charge is 1.98. The Labute approximate surface area is 119 Å². The Balaban J connectivity index is 0.00000144. The molecule has 2 aromatic carbocycles. The van der Waals surface area contributed by atoms with E-state index in [2.05, 4.69) is 12.1 Å². The highest BCUT2D eigenvalue weighted by Crippen LogP contribution is 2.21. The summed E-state index contributed by atoms with van der Waals surface area (Å²) in [6.07, 6.45) is 0. The molecule has 0 amide bonds. The SMILES string of the molecule is Cl.Cl.NCCOc1ccc2cc(CN)ccc2c1. The first-order chi connectivity index (χ1) is 7.83. The third kappa shape index (κ3) is 4.03. The molecule has 0 saturated carbocycles. The van der Waals surface area contributed by atoms with E-state index < -0.39 is 0 Å². The zero-order valence-electron chi connectivity index (χ0n) is 9.96. The molecule has 0 radical (unpaired) electrons. The molecule has 0 aliphatic carbocycles. The predicted octanol–water partition coefficient (Wildman–Crippen LogP) is 2.48. The van der Waals surface area contributed by atoms with E-state index in [1.54, 1.807) is 0 Å². The van der Waals surface area contributed by atoms with E-state index in [-0.39, 0.29) is 24.8 Å². The molecule has 0 aromatic heterocycles. The van der Waals surface area contributed by atoms with Gasteiger partial charge in [-0.15, -0.1) is 24.8 Å². The maximum atomic E-state index is 5.60. The second kappa shape index (κ2) is 8.16. The van der Waals surface area contributed by atoms with Crippen molar-refractivity contribution in [3.63, 3.8) is 0 Å². The van der Waals surface area contributed by atoms with Crippen LogP contribution in [0.1, 0.15) is 5.56 Å². The Bertz CT molecular complexity index is 491. The lowest BCUT2D eigenvalue weighted by Crippen LogP contribution is -2.10. The van der Waals surface area contributed by atoms with E-state index in [0.29, 0.717) is 19.7 Å². The third-order valence-electron chi connectivity index (χ3n) is 2.50. The quantitative estimate of drug-likeness (QED) is 0.909. The van der Waals surface area contributed by atoms with Crippen LogP contribution in [0.25, 0.3) is 10.8 Å². The van der Waals surface area contributed by atoms with E-state index in [4.69, 9.17) is 16.2 Å². The van der Waals surface area contributed by atoms with Gasteiger partial charge in [0.25, 0.3) is 0 Å². The summed E-state index contributed by atoms with van der Waals surface area (Å²) in [5, 5.41) is 2.34. The van der Waals surface area contributed by atoms with Crippen molar-refractivity contribution in [2.75, 3.05) is 13.2 Å². The summed E-state index contributed by atoms with van der Waals surface area (Å²) in [5.74, 6) is 0.860. The fourth-order valence-corrected chi connectivity index (χ4v) is 1.67. The minimum atomic E-state index is 0. The highest BCUT2D eigenvalue weighted by atomic mass is 35.5. The van der Waals surface area contributed by atoms with Gasteiger partial charge in [-0.2, -0.15) is 0 Å².